The van der Waals surface area contributed by atoms with E-state index in [-0.39, 0.29) is 34.2 Å². The molecule has 6 nitrogen and oxygen atoms in total. The lowest BCUT2D eigenvalue weighted by atomic mass is 9.89. The summed E-state index contributed by atoms with van der Waals surface area (Å²) in [6.07, 6.45) is 0.954. The van der Waals surface area contributed by atoms with E-state index in [1.54, 1.807) is 0 Å². The van der Waals surface area contributed by atoms with Crippen molar-refractivity contribution in [2.75, 3.05) is 13.1 Å². The van der Waals surface area contributed by atoms with E-state index in [2.05, 4.69) is 5.32 Å². The van der Waals surface area contributed by atoms with Crippen molar-refractivity contribution >= 4 is 23.1 Å². The first-order chi connectivity index (χ1) is 9.01. The maximum atomic E-state index is 12.2. The number of halogens is 1. The number of non-ortho nitro benzene ring substituents is 1. The minimum Gasteiger partial charge on any atom is -0.483 e. The molecule has 1 spiro atoms. The van der Waals surface area contributed by atoms with E-state index in [0.717, 1.165) is 13.0 Å². The van der Waals surface area contributed by atoms with Gasteiger partial charge in [-0.15, -0.1) is 0 Å². The zero-order chi connectivity index (χ0) is 13.6. The van der Waals surface area contributed by atoms with E-state index in [0.29, 0.717) is 6.54 Å². The van der Waals surface area contributed by atoms with E-state index < -0.39 is 10.5 Å². The van der Waals surface area contributed by atoms with Gasteiger partial charge in [-0.3, -0.25) is 14.9 Å². The van der Waals surface area contributed by atoms with Crippen LogP contribution in [0.3, 0.4) is 0 Å². The molecule has 0 saturated carbocycles. The molecule has 2 heterocycles. The van der Waals surface area contributed by atoms with E-state index >= 15 is 0 Å². The molecule has 0 aliphatic carbocycles. The van der Waals surface area contributed by atoms with Crippen LogP contribution in [0.15, 0.2) is 12.1 Å². The summed E-state index contributed by atoms with van der Waals surface area (Å²) in [5.74, 6) is 0.114. The molecular formula is C12H11ClN2O4. The van der Waals surface area contributed by atoms with E-state index in [1.807, 2.05) is 0 Å². The van der Waals surface area contributed by atoms with Crippen LogP contribution in [0.5, 0.6) is 5.75 Å². The highest BCUT2D eigenvalue weighted by atomic mass is 35.5. The van der Waals surface area contributed by atoms with Crippen molar-refractivity contribution in [3.8, 4) is 5.75 Å². The van der Waals surface area contributed by atoms with Crippen LogP contribution in [0, 0.1) is 10.1 Å². The molecule has 1 atom stereocenters. The number of Topliss-reactive ketones (excluding diaryl/α,β-unsaturated/α-hetero) is 1. The van der Waals surface area contributed by atoms with Gasteiger partial charge in [0, 0.05) is 25.1 Å². The van der Waals surface area contributed by atoms with Crippen molar-refractivity contribution in [3.05, 3.63) is 32.8 Å². The van der Waals surface area contributed by atoms with Gasteiger partial charge < -0.3 is 10.1 Å². The Bertz CT molecular complexity index is 581. The van der Waals surface area contributed by atoms with Gasteiger partial charge in [0.2, 0.25) is 0 Å². The van der Waals surface area contributed by atoms with Crippen molar-refractivity contribution in [1.82, 2.24) is 5.32 Å². The lowest BCUT2D eigenvalue weighted by molar-refractivity contribution is -0.384. The molecule has 1 saturated heterocycles. The fourth-order valence-electron chi connectivity index (χ4n) is 2.59. The van der Waals surface area contributed by atoms with Crippen LogP contribution in [0.25, 0.3) is 0 Å². The Hall–Kier alpha value is -1.66. The van der Waals surface area contributed by atoms with Gasteiger partial charge in [-0.05, 0) is 6.54 Å². The summed E-state index contributed by atoms with van der Waals surface area (Å²) >= 11 is 6.02. The normalized spacial score (nSPS) is 25.2. The third-order valence-electron chi connectivity index (χ3n) is 3.55. The second-order valence-electron chi connectivity index (χ2n) is 4.87. The van der Waals surface area contributed by atoms with Crippen LogP contribution in [-0.2, 0) is 0 Å². The molecule has 0 aromatic heterocycles. The smallest absolute Gasteiger partial charge is 0.271 e. The number of ether oxygens (including phenoxy) is 1. The van der Waals surface area contributed by atoms with Gasteiger partial charge in [0.25, 0.3) is 5.69 Å². The monoisotopic (exact) mass is 282 g/mol. The molecule has 0 radical (unpaired) electrons. The predicted molar refractivity (Wildman–Crippen MR) is 67.9 cm³/mol. The number of fused-ring (bicyclic) bond motifs is 1. The Morgan fingerprint density at radius 1 is 1.47 bits per heavy atom. The number of rotatable bonds is 1. The first kappa shape index (κ1) is 12.4. The minimum absolute atomic E-state index is 0.114. The number of ketones is 1. The van der Waals surface area contributed by atoms with Crippen LogP contribution >= 0.6 is 11.6 Å². The first-order valence-corrected chi connectivity index (χ1v) is 6.29. The third-order valence-corrected chi connectivity index (χ3v) is 3.83. The van der Waals surface area contributed by atoms with Gasteiger partial charge in [-0.25, -0.2) is 0 Å². The van der Waals surface area contributed by atoms with E-state index in [1.165, 1.54) is 12.1 Å². The quantitative estimate of drug-likeness (QED) is 0.629. The standard InChI is InChI=1S/C12H11ClN2O4/c13-9-4-7(15(17)18)3-8-10(16)5-12(19-11(8)9)1-2-14-6-12/h3-4,14H,1-2,5-6H2. The molecule has 0 bridgehead atoms. The molecule has 1 unspecified atom stereocenters. The molecule has 7 heteroatoms. The van der Waals surface area contributed by atoms with Crippen LogP contribution in [0.4, 0.5) is 5.69 Å². The van der Waals surface area contributed by atoms with Gasteiger partial charge in [0.05, 0.1) is 21.9 Å². The lowest BCUT2D eigenvalue weighted by Crippen LogP contribution is -2.43. The molecule has 0 amide bonds. The lowest BCUT2D eigenvalue weighted by Gasteiger charge is -2.34. The Kier molecular flexibility index (Phi) is 2.72. The molecule has 1 N–H and O–H groups in total. The summed E-state index contributed by atoms with van der Waals surface area (Å²) in [6.45, 7) is 1.37. The summed E-state index contributed by atoms with van der Waals surface area (Å²) in [5, 5.41) is 14.0. The van der Waals surface area contributed by atoms with Crippen molar-refractivity contribution in [3.63, 3.8) is 0 Å². The number of nitro benzene ring substituents is 1. The number of benzene rings is 1. The average Bonchev–Trinajstić information content (AvgIpc) is 2.78. The molecule has 3 rings (SSSR count). The number of carbonyl (C=O) groups is 1. The Morgan fingerprint density at radius 2 is 2.26 bits per heavy atom. The Morgan fingerprint density at radius 3 is 2.89 bits per heavy atom. The molecular weight excluding hydrogens is 272 g/mol. The third kappa shape index (κ3) is 1.97. The number of carbonyl (C=O) groups excluding carboxylic acids is 1. The van der Waals surface area contributed by atoms with Gasteiger partial charge >= 0.3 is 0 Å². The van der Waals surface area contributed by atoms with Crippen LogP contribution in [0.1, 0.15) is 23.2 Å². The fraction of sp³-hybridized carbons (Fsp3) is 0.417. The molecule has 2 aliphatic heterocycles. The minimum atomic E-state index is -0.569. The summed E-state index contributed by atoms with van der Waals surface area (Å²) < 4.78 is 5.88. The zero-order valence-corrected chi connectivity index (χ0v) is 10.7. The summed E-state index contributed by atoms with van der Waals surface area (Å²) in [4.78, 5) is 22.4. The van der Waals surface area contributed by atoms with Gasteiger partial charge in [0.1, 0.15) is 11.4 Å². The number of nitrogens with one attached hydrogen (secondary N) is 1. The summed E-state index contributed by atoms with van der Waals surface area (Å²) in [5.41, 5.74) is -0.540. The highest BCUT2D eigenvalue weighted by Crippen LogP contribution is 2.42. The van der Waals surface area contributed by atoms with Crippen molar-refractivity contribution in [2.45, 2.75) is 18.4 Å². The highest BCUT2D eigenvalue weighted by Gasteiger charge is 2.44. The molecule has 2 aliphatic rings. The summed E-state index contributed by atoms with van der Waals surface area (Å²) in [6, 6.07) is 2.45. The van der Waals surface area contributed by atoms with Crippen molar-refractivity contribution in [1.29, 1.82) is 0 Å². The summed E-state index contributed by atoms with van der Waals surface area (Å²) in [7, 11) is 0. The van der Waals surface area contributed by atoms with Gasteiger partial charge in [-0.2, -0.15) is 0 Å². The maximum absolute atomic E-state index is 12.2. The number of nitro groups is 1. The number of nitrogens with zero attached hydrogens (tertiary/aromatic N) is 1. The molecule has 1 fully saturated rings. The van der Waals surface area contributed by atoms with Crippen LogP contribution in [0.2, 0.25) is 5.02 Å². The van der Waals surface area contributed by atoms with Crippen LogP contribution in [-0.4, -0.2) is 29.4 Å². The Labute approximate surface area is 113 Å². The molecule has 1 aromatic carbocycles. The maximum Gasteiger partial charge on any atom is 0.271 e. The number of hydrogen-bond acceptors (Lipinski definition) is 5. The average molecular weight is 283 g/mol. The predicted octanol–water partition coefficient (Wildman–Crippen LogP) is 1.95. The first-order valence-electron chi connectivity index (χ1n) is 5.92. The highest BCUT2D eigenvalue weighted by molar-refractivity contribution is 6.33. The molecule has 19 heavy (non-hydrogen) atoms. The number of hydrogen-bond donors (Lipinski definition) is 1. The second-order valence-corrected chi connectivity index (χ2v) is 5.28. The largest absolute Gasteiger partial charge is 0.483 e. The molecule has 100 valence electrons. The topological polar surface area (TPSA) is 81.5 Å². The SMILES string of the molecule is O=C1CC2(CCNC2)Oc2c(Cl)cc([N+](=O)[O-])cc21. The van der Waals surface area contributed by atoms with E-state index in [4.69, 9.17) is 16.3 Å². The van der Waals surface area contributed by atoms with Gasteiger partial charge in [-0.1, -0.05) is 11.6 Å². The van der Waals surface area contributed by atoms with Gasteiger partial charge in [0.15, 0.2) is 5.78 Å². The van der Waals surface area contributed by atoms with Crippen molar-refractivity contribution < 1.29 is 14.5 Å². The van der Waals surface area contributed by atoms with Crippen molar-refractivity contribution in [2.24, 2.45) is 0 Å². The van der Waals surface area contributed by atoms with Crippen LogP contribution < -0.4 is 10.1 Å². The zero-order valence-electron chi connectivity index (χ0n) is 9.94. The molecule has 1 aromatic rings. The van der Waals surface area contributed by atoms with E-state index in [9.17, 15) is 14.9 Å². The fourth-order valence-corrected chi connectivity index (χ4v) is 2.85. The Balaban J connectivity index is 2.08. The second kappa shape index (κ2) is 4.18.